The Labute approximate surface area is 93.6 Å². The average molecular weight is 310 g/mol. The molecule has 1 rings (SSSR count). The van der Waals surface area contributed by atoms with Crippen molar-refractivity contribution in [1.29, 1.82) is 0 Å². The molecule has 13 heavy (non-hydrogen) atoms. The van der Waals surface area contributed by atoms with Crippen LogP contribution in [0.1, 0.15) is 12.5 Å². The SMILES string of the molecule is C[C@](N)(CO)c1cnc(Br)c(Br)c1. The van der Waals surface area contributed by atoms with E-state index >= 15 is 0 Å². The Kier molecular flexibility index (Phi) is 3.45. The first kappa shape index (κ1) is 11.1. The van der Waals surface area contributed by atoms with Crippen LogP contribution in [-0.2, 0) is 5.54 Å². The van der Waals surface area contributed by atoms with Crippen molar-refractivity contribution in [2.75, 3.05) is 6.61 Å². The summed E-state index contributed by atoms with van der Waals surface area (Å²) in [7, 11) is 0. The third-order valence-corrected chi connectivity index (χ3v) is 3.55. The van der Waals surface area contributed by atoms with Crippen molar-refractivity contribution in [1.82, 2.24) is 4.98 Å². The van der Waals surface area contributed by atoms with Crippen LogP contribution in [0.25, 0.3) is 0 Å². The Bertz CT molecular complexity index is 315. The summed E-state index contributed by atoms with van der Waals surface area (Å²) in [6, 6.07) is 1.84. The van der Waals surface area contributed by atoms with Gasteiger partial charge in [0, 0.05) is 6.20 Å². The Hall–Kier alpha value is 0.0300. The van der Waals surface area contributed by atoms with Gasteiger partial charge in [0.15, 0.2) is 0 Å². The van der Waals surface area contributed by atoms with Crippen LogP contribution in [0.2, 0.25) is 0 Å². The maximum Gasteiger partial charge on any atom is 0.120 e. The van der Waals surface area contributed by atoms with Crippen molar-refractivity contribution in [3.63, 3.8) is 0 Å². The molecule has 0 saturated carbocycles. The minimum atomic E-state index is -0.740. The molecule has 0 aliphatic carbocycles. The smallest absolute Gasteiger partial charge is 0.120 e. The van der Waals surface area contributed by atoms with E-state index in [4.69, 9.17) is 10.8 Å². The van der Waals surface area contributed by atoms with Gasteiger partial charge in [-0.2, -0.15) is 0 Å². The fourth-order valence-electron chi connectivity index (χ4n) is 0.825. The van der Waals surface area contributed by atoms with E-state index in [1.165, 1.54) is 0 Å². The van der Waals surface area contributed by atoms with E-state index in [1.54, 1.807) is 13.1 Å². The number of halogens is 2. The lowest BCUT2D eigenvalue weighted by atomic mass is 9.96. The van der Waals surface area contributed by atoms with Crippen LogP contribution >= 0.6 is 31.9 Å². The molecule has 0 fully saturated rings. The highest BCUT2D eigenvalue weighted by Crippen LogP contribution is 2.25. The Morgan fingerprint density at radius 3 is 2.69 bits per heavy atom. The van der Waals surface area contributed by atoms with E-state index in [2.05, 4.69) is 36.8 Å². The molecule has 0 aromatic carbocycles. The summed E-state index contributed by atoms with van der Waals surface area (Å²) in [5, 5.41) is 9.03. The van der Waals surface area contributed by atoms with Gasteiger partial charge in [0.1, 0.15) is 4.60 Å². The first-order chi connectivity index (χ1) is 5.97. The van der Waals surface area contributed by atoms with Gasteiger partial charge < -0.3 is 10.8 Å². The maximum absolute atomic E-state index is 9.03. The number of aliphatic hydroxyl groups excluding tert-OH is 1. The second-order valence-electron chi connectivity index (χ2n) is 3.07. The van der Waals surface area contributed by atoms with Gasteiger partial charge in [-0.05, 0) is 50.4 Å². The molecule has 5 heteroatoms. The van der Waals surface area contributed by atoms with E-state index in [9.17, 15) is 0 Å². The third-order valence-electron chi connectivity index (χ3n) is 1.78. The lowest BCUT2D eigenvalue weighted by Gasteiger charge is -2.21. The van der Waals surface area contributed by atoms with Crippen molar-refractivity contribution in [3.8, 4) is 0 Å². The number of nitrogens with two attached hydrogens (primary N) is 1. The molecule has 1 aromatic heterocycles. The third kappa shape index (κ3) is 2.49. The van der Waals surface area contributed by atoms with Gasteiger partial charge in [0.25, 0.3) is 0 Å². The first-order valence-electron chi connectivity index (χ1n) is 3.68. The summed E-state index contributed by atoms with van der Waals surface area (Å²) in [5.74, 6) is 0. The number of pyridine rings is 1. The lowest BCUT2D eigenvalue weighted by molar-refractivity contribution is 0.209. The molecule has 3 N–H and O–H groups in total. The van der Waals surface area contributed by atoms with Gasteiger partial charge in [0.05, 0.1) is 16.6 Å². The summed E-state index contributed by atoms with van der Waals surface area (Å²) in [5.41, 5.74) is 5.89. The predicted molar refractivity (Wildman–Crippen MR) is 58.3 cm³/mol. The Balaban J connectivity index is 3.10. The van der Waals surface area contributed by atoms with Crippen LogP contribution < -0.4 is 5.73 Å². The summed E-state index contributed by atoms with van der Waals surface area (Å²) >= 11 is 6.58. The Morgan fingerprint density at radius 2 is 2.23 bits per heavy atom. The maximum atomic E-state index is 9.03. The molecule has 0 saturated heterocycles. The second kappa shape index (κ2) is 4.04. The number of aromatic nitrogens is 1. The first-order valence-corrected chi connectivity index (χ1v) is 5.27. The highest BCUT2D eigenvalue weighted by molar-refractivity contribution is 9.13. The van der Waals surface area contributed by atoms with Crippen LogP contribution in [0, 0.1) is 0 Å². The summed E-state index contributed by atoms with van der Waals surface area (Å²) in [6.07, 6.45) is 1.64. The van der Waals surface area contributed by atoms with Gasteiger partial charge in [-0.1, -0.05) is 0 Å². The average Bonchev–Trinajstić information content (AvgIpc) is 2.09. The van der Waals surface area contributed by atoms with Gasteiger partial charge in [-0.15, -0.1) is 0 Å². The molecule has 72 valence electrons. The molecule has 1 heterocycles. The summed E-state index contributed by atoms with van der Waals surface area (Å²) < 4.78 is 1.56. The minimum absolute atomic E-state index is 0.108. The van der Waals surface area contributed by atoms with E-state index < -0.39 is 5.54 Å². The highest BCUT2D eigenvalue weighted by Gasteiger charge is 2.20. The zero-order valence-corrected chi connectivity index (χ0v) is 10.3. The van der Waals surface area contributed by atoms with Gasteiger partial charge in [0.2, 0.25) is 0 Å². The topological polar surface area (TPSA) is 59.1 Å². The quantitative estimate of drug-likeness (QED) is 0.819. The molecule has 1 aromatic rings. The van der Waals surface area contributed by atoms with Crippen molar-refractivity contribution in [3.05, 3.63) is 26.9 Å². The minimum Gasteiger partial charge on any atom is -0.394 e. The molecule has 1 atom stereocenters. The van der Waals surface area contributed by atoms with Crippen LogP contribution in [0.4, 0.5) is 0 Å². The number of aliphatic hydroxyl groups is 1. The molecule has 0 radical (unpaired) electrons. The van der Waals surface area contributed by atoms with E-state index in [0.29, 0.717) is 0 Å². The summed E-state index contributed by atoms with van der Waals surface area (Å²) in [6.45, 7) is 1.65. The van der Waals surface area contributed by atoms with Crippen LogP contribution in [0.5, 0.6) is 0 Å². The van der Waals surface area contributed by atoms with Crippen LogP contribution in [0.15, 0.2) is 21.3 Å². The Morgan fingerprint density at radius 1 is 1.62 bits per heavy atom. The summed E-state index contributed by atoms with van der Waals surface area (Å²) in [4.78, 5) is 4.07. The van der Waals surface area contributed by atoms with Crippen LogP contribution in [-0.4, -0.2) is 16.7 Å². The monoisotopic (exact) mass is 308 g/mol. The molecule has 0 bridgehead atoms. The highest BCUT2D eigenvalue weighted by atomic mass is 79.9. The lowest BCUT2D eigenvalue weighted by Crippen LogP contribution is -2.37. The van der Waals surface area contributed by atoms with Crippen molar-refractivity contribution < 1.29 is 5.11 Å². The van der Waals surface area contributed by atoms with E-state index in [0.717, 1.165) is 14.6 Å². The molecule has 0 aliphatic rings. The largest absolute Gasteiger partial charge is 0.394 e. The number of hydrogen-bond donors (Lipinski definition) is 2. The zero-order valence-electron chi connectivity index (χ0n) is 7.09. The molecule has 0 spiro atoms. The zero-order chi connectivity index (χ0) is 10.1. The van der Waals surface area contributed by atoms with E-state index in [-0.39, 0.29) is 6.61 Å². The number of rotatable bonds is 2. The number of nitrogens with zero attached hydrogens (tertiary/aromatic N) is 1. The standard InChI is InChI=1S/C8H10Br2N2O/c1-8(11,4-13)5-2-6(9)7(10)12-3-5/h2-3,13H,4,11H2,1H3/t8-/m0/s1. The predicted octanol–water partition coefficient (Wildman–Crippen LogP) is 1.77. The molecular formula is C8H10Br2N2O. The molecular weight excluding hydrogens is 300 g/mol. The molecule has 0 aliphatic heterocycles. The van der Waals surface area contributed by atoms with Gasteiger partial charge in [-0.25, -0.2) is 4.98 Å². The van der Waals surface area contributed by atoms with E-state index in [1.807, 2.05) is 6.07 Å². The molecule has 0 amide bonds. The number of hydrogen-bond acceptors (Lipinski definition) is 3. The normalized spacial score (nSPS) is 15.5. The van der Waals surface area contributed by atoms with Crippen molar-refractivity contribution >= 4 is 31.9 Å². The second-order valence-corrected chi connectivity index (χ2v) is 4.68. The fraction of sp³-hybridized carbons (Fsp3) is 0.375. The van der Waals surface area contributed by atoms with Crippen LogP contribution in [0.3, 0.4) is 0 Å². The van der Waals surface area contributed by atoms with Gasteiger partial charge in [-0.3, -0.25) is 0 Å². The van der Waals surface area contributed by atoms with Crippen molar-refractivity contribution in [2.24, 2.45) is 5.73 Å². The molecule has 3 nitrogen and oxygen atoms in total. The molecule has 0 unspecified atom stereocenters. The fourth-order valence-corrected chi connectivity index (χ4v) is 1.39. The van der Waals surface area contributed by atoms with Gasteiger partial charge >= 0.3 is 0 Å². The van der Waals surface area contributed by atoms with Crippen molar-refractivity contribution in [2.45, 2.75) is 12.5 Å².